The van der Waals surface area contributed by atoms with Crippen molar-refractivity contribution in [2.45, 2.75) is 20.0 Å². The summed E-state index contributed by atoms with van der Waals surface area (Å²) < 4.78 is 10.5. The van der Waals surface area contributed by atoms with E-state index in [4.69, 9.17) is 9.47 Å². The van der Waals surface area contributed by atoms with Crippen molar-refractivity contribution in [3.63, 3.8) is 0 Å². The van der Waals surface area contributed by atoms with E-state index in [-0.39, 0.29) is 6.54 Å². The number of carbonyl (C=O) groups excluding carboxylic acids is 2. The molecule has 0 fully saturated rings. The number of amides is 1. The topological polar surface area (TPSA) is 93.6 Å². The third-order valence-corrected chi connectivity index (χ3v) is 3.37. The van der Waals surface area contributed by atoms with E-state index in [2.05, 4.69) is 15.3 Å². The zero-order chi connectivity index (χ0) is 18.9. The molecule has 0 aliphatic heterocycles. The van der Waals surface area contributed by atoms with Crippen molar-refractivity contribution in [2.75, 3.05) is 30.4 Å². The van der Waals surface area contributed by atoms with Gasteiger partial charge in [0, 0.05) is 25.1 Å². The molecule has 1 atom stereocenters. The largest absolute Gasteiger partial charge is 0.494 e. The lowest BCUT2D eigenvalue weighted by Crippen LogP contribution is -2.35. The number of rotatable bonds is 8. The van der Waals surface area contributed by atoms with Gasteiger partial charge in [0.25, 0.3) is 5.91 Å². The molecule has 1 amide bonds. The summed E-state index contributed by atoms with van der Waals surface area (Å²) in [7, 11) is 1.67. The Hall–Kier alpha value is -3.16. The van der Waals surface area contributed by atoms with Crippen molar-refractivity contribution < 1.29 is 19.1 Å². The van der Waals surface area contributed by atoms with Crippen molar-refractivity contribution in [2.24, 2.45) is 0 Å². The van der Waals surface area contributed by atoms with Crippen molar-refractivity contribution in [3.05, 3.63) is 42.7 Å². The normalized spacial score (nSPS) is 11.3. The van der Waals surface area contributed by atoms with Gasteiger partial charge in [-0.05, 0) is 44.2 Å². The third-order valence-electron chi connectivity index (χ3n) is 3.37. The molecular formula is C18H22N4O4. The zero-order valence-corrected chi connectivity index (χ0v) is 15.0. The fourth-order valence-corrected chi connectivity index (χ4v) is 2.09. The lowest BCUT2D eigenvalue weighted by atomic mass is 10.3. The number of nitrogens with one attached hydrogen (secondary N) is 1. The summed E-state index contributed by atoms with van der Waals surface area (Å²) in [6.45, 7) is 3.92. The molecule has 0 saturated carbocycles. The fraction of sp³-hybridized carbons (Fsp3) is 0.333. The smallest absolute Gasteiger partial charge is 0.326 e. The van der Waals surface area contributed by atoms with Gasteiger partial charge < -0.3 is 19.7 Å². The highest BCUT2D eigenvalue weighted by Crippen LogP contribution is 2.16. The molecule has 8 heteroatoms. The molecule has 0 aliphatic carbocycles. The van der Waals surface area contributed by atoms with Gasteiger partial charge in [0.15, 0.2) is 6.10 Å². The van der Waals surface area contributed by atoms with Gasteiger partial charge in [0.2, 0.25) is 5.95 Å². The number of nitrogens with zero attached hydrogens (tertiary/aromatic N) is 3. The van der Waals surface area contributed by atoms with Gasteiger partial charge in [-0.25, -0.2) is 9.97 Å². The fourth-order valence-electron chi connectivity index (χ4n) is 2.09. The van der Waals surface area contributed by atoms with Crippen LogP contribution in [0.5, 0.6) is 5.75 Å². The van der Waals surface area contributed by atoms with Crippen LogP contribution in [-0.4, -0.2) is 48.1 Å². The van der Waals surface area contributed by atoms with E-state index in [0.29, 0.717) is 18.2 Å². The van der Waals surface area contributed by atoms with Gasteiger partial charge in [-0.1, -0.05) is 0 Å². The lowest BCUT2D eigenvalue weighted by Gasteiger charge is -2.18. The van der Waals surface area contributed by atoms with Crippen molar-refractivity contribution in [3.8, 4) is 5.75 Å². The quantitative estimate of drug-likeness (QED) is 0.720. The van der Waals surface area contributed by atoms with Gasteiger partial charge >= 0.3 is 5.97 Å². The Bertz CT molecular complexity index is 722. The number of anilines is 2. The average Bonchev–Trinajstić information content (AvgIpc) is 2.64. The van der Waals surface area contributed by atoms with E-state index in [0.717, 1.165) is 5.75 Å². The second-order valence-electron chi connectivity index (χ2n) is 5.48. The van der Waals surface area contributed by atoms with E-state index in [1.54, 1.807) is 54.7 Å². The molecule has 2 aromatic rings. The molecule has 1 unspecified atom stereocenters. The summed E-state index contributed by atoms with van der Waals surface area (Å²) >= 11 is 0. The number of hydrogen-bond acceptors (Lipinski definition) is 7. The van der Waals surface area contributed by atoms with Crippen molar-refractivity contribution >= 4 is 23.5 Å². The molecule has 0 radical (unpaired) electrons. The van der Waals surface area contributed by atoms with Gasteiger partial charge in [-0.2, -0.15) is 0 Å². The first-order chi connectivity index (χ1) is 12.5. The van der Waals surface area contributed by atoms with Crippen LogP contribution in [-0.2, 0) is 14.3 Å². The Labute approximate surface area is 152 Å². The first-order valence-corrected chi connectivity index (χ1v) is 8.21. The SMILES string of the molecule is CCOc1ccc(NC(=O)C(C)OC(=O)CN(C)c2ncccn2)cc1. The van der Waals surface area contributed by atoms with Crippen LogP contribution in [0.25, 0.3) is 0 Å². The van der Waals surface area contributed by atoms with Crippen LogP contribution in [0, 0.1) is 0 Å². The highest BCUT2D eigenvalue weighted by Gasteiger charge is 2.19. The summed E-state index contributed by atoms with van der Waals surface area (Å²) in [5.74, 6) is 0.155. The van der Waals surface area contributed by atoms with Crippen molar-refractivity contribution in [1.29, 1.82) is 0 Å². The number of carbonyl (C=O) groups is 2. The molecule has 1 aromatic carbocycles. The molecular weight excluding hydrogens is 336 g/mol. The Morgan fingerprint density at radius 2 is 1.85 bits per heavy atom. The molecule has 8 nitrogen and oxygen atoms in total. The van der Waals surface area contributed by atoms with E-state index in [1.807, 2.05) is 6.92 Å². The summed E-state index contributed by atoms with van der Waals surface area (Å²) in [6.07, 6.45) is 2.23. The number of hydrogen-bond donors (Lipinski definition) is 1. The first kappa shape index (κ1) is 19.2. The second-order valence-corrected chi connectivity index (χ2v) is 5.48. The summed E-state index contributed by atoms with van der Waals surface area (Å²) in [6, 6.07) is 8.63. The maximum Gasteiger partial charge on any atom is 0.326 e. The summed E-state index contributed by atoms with van der Waals surface area (Å²) in [5.41, 5.74) is 0.594. The summed E-state index contributed by atoms with van der Waals surface area (Å²) in [4.78, 5) is 33.8. The van der Waals surface area contributed by atoms with Gasteiger partial charge in [0.1, 0.15) is 12.3 Å². The number of esters is 1. The summed E-state index contributed by atoms with van der Waals surface area (Å²) in [5, 5.41) is 2.69. The van der Waals surface area contributed by atoms with Crippen LogP contribution in [0.2, 0.25) is 0 Å². The maximum absolute atomic E-state index is 12.2. The van der Waals surface area contributed by atoms with Gasteiger partial charge in [-0.3, -0.25) is 9.59 Å². The molecule has 1 aromatic heterocycles. The highest BCUT2D eigenvalue weighted by molar-refractivity contribution is 5.95. The molecule has 26 heavy (non-hydrogen) atoms. The van der Waals surface area contributed by atoms with Crippen LogP contribution in [0.15, 0.2) is 42.7 Å². The Balaban J connectivity index is 1.83. The predicted molar refractivity (Wildman–Crippen MR) is 97.1 cm³/mol. The zero-order valence-electron chi connectivity index (χ0n) is 15.0. The van der Waals surface area contributed by atoms with Crippen LogP contribution in [0.3, 0.4) is 0 Å². The molecule has 1 N–H and O–H groups in total. The van der Waals surface area contributed by atoms with E-state index in [1.165, 1.54) is 6.92 Å². The molecule has 0 bridgehead atoms. The van der Waals surface area contributed by atoms with Crippen LogP contribution in [0.1, 0.15) is 13.8 Å². The van der Waals surface area contributed by atoms with Crippen LogP contribution in [0.4, 0.5) is 11.6 Å². The van der Waals surface area contributed by atoms with Gasteiger partial charge in [0.05, 0.1) is 6.61 Å². The first-order valence-electron chi connectivity index (χ1n) is 8.21. The Morgan fingerprint density at radius 3 is 2.46 bits per heavy atom. The third kappa shape index (κ3) is 5.73. The lowest BCUT2D eigenvalue weighted by molar-refractivity contribution is -0.151. The Morgan fingerprint density at radius 1 is 1.19 bits per heavy atom. The van der Waals surface area contributed by atoms with Crippen LogP contribution >= 0.6 is 0 Å². The van der Waals surface area contributed by atoms with Gasteiger partial charge in [-0.15, -0.1) is 0 Å². The average molecular weight is 358 g/mol. The number of benzene rings is 1. The standard InChI is InChI=1S/C18H22N4O4/c1-4-25-15-8-6-14(7-9-15)21-17(24)13(2)26-16(23)12-22(3)18-19-10-5-11-20-18/h5-11,13H,4,12H2,1-3H3,(H,21,24). The minimum Gasteiger partial charge on any atom is -0.494 e. The number of ether oxygens (including phenoxy) is 2. The Kier molecular flexibility index (Phi) is 6.90. The molecule has 0 spiro atoms. The van der Waals surface area contributed by atoms with Crippen LogP contribution < -0.4 is 15.0 Å². The minimum atomic E-state index is -0.931. The van der Waals surface area contributed by atoms with E-state index in [9.17, 15) is 9.59 Å². The molecule has 1 heterocycles. The molecule has 138 valence electrons. The number of aromatic nitrogens is 2. The minimum absolute atomic E-state index is 0.0648. The highest BCUT2D eigenvalue weighted by atomic mass is 16.5. The number of likely N-dealkylation sites (N-methyl/N-ethyl adjacent to an activating group) is 1. The molecule has 2 rings (SSSR count). The monoisotopic (exact) mass is 358 g/mol. The maximum atomic E-state index is 12.2. The predicted octanol–water partition coefficient (Wildman–Crippen LogP) is 1.88. The van der Waals surface area contributed by atoms with E-state index >= 15 is 0 Å². The second kappa shape index (κ2) is 9.36. The van der Waals surface area contributed by atoms with Crippen molar-refractivity contribution in [1.82, 2.24) is 9.97 Å². The van der Waals surface area contributed by atoms with E-state index < -0.39 is 18.0 Å². The molecule has 0 saturated heterocycles. The molecule has 0 aliphatic rings.